The van der Waals surface area contributed by atoms with Gasteiger partial charge < -0.3 is 15.4 Å². The lowest BCUT2D eigenvalue weighted by atomic mass is 10.0. The Morgan fingerprint density at radius 1 is 1.00 bits per heavy atom. The molecule has 0 aliphatic heterocycles. The monoisotopic (exact) mass is 394 g/mol. The van der Waals surface area contributed by atoms with E-state index >= 15 is 0 Å². The minimum Gasteiger partial charge on any atom is -0.481 e. The molecule has 1 saturated carbocycles. The van der Waals surface area contributed by atoms with Crippen LogP contribution in [0.3, 0.4) is 0 Å². The molecule has 0 bridgehead atoms. The number of rotatable bonds is 7. The van der Waals surface area contributed by atoms with E-state index in [4.69, 9.17) is 4.74 Å². The third kappa shape index (κ3) is 5.83. The zero-order valence-corrected chi connectivity index (χ0v) is 17.4. The number of amides is 2. The summed E-state index contributed by atoms with van der Waals surface area (Å²) in [6.45, 7) is 5.96. The van der Waals surface area contributed by atoms with Crippen molar-refractivity contribution < 1.29 is 14.3 Å². The molecule has 0 spiro atoms. The highest BCUT2D eigenvalue weighted by Gasteiger charge is 2.18. The van der Waals surface area contributed by atoms with Crippen molar-refractivity contribution in [3.8, 4) is 5.75 Å². The average Bonchev–Trinajstić information content (AvgIpc) is 3.21. The van der Waals surface area contributed by atoms with Crippen LogP contribution in [0.4, 0.5) is 5.69 Å². The molecular formula is C24H30N2O3. The Morgan fingerprint density at radius 2 is 1.69 bits per heavy atom. The van der Waals surface area contributed by atoms with Crippen LogP contribution >= 0.6 is 0 Å². The molecule has 0 saturated heterocycles. The van der Waals surface area contributed by atoms with Crippen molar-refractivity contribution in [2.45, 2.75) is 64.5 Å². The van der Waals surface area contributed by atoms with Crippen LogP contribution in [-0.4, -0.2) is 24.0 Å². The Kier molecular flexibility index (Phi) is 6.91. The van der Waals surface area contributed by atoms with Gasteiger partial charge in [0.05, 0.1) is 0 Å². The van der Waals surface area contributed by atoms with E-state index in [9.17, 15) is 9.59 Å². The van der Waals surface area contributed by atoms with Crippen LogP contribution < -0.4 is 15.4 Å². The second-order valence-corrected chi connectivity index (χ2v) is 8.01. The van der Waals surface area contributed by atoms with Gasteiger partial charge in [0, 0.05) is 17.3 Å². The summed E-state index contributed by atoms with van der Waals surface area (Å²) in [5.41, 5.74) is 2.41. The topological polar surface area (TPSA) is 67.4 Å². The van der Waals surface area contributed by atoms with Gasteiger partial charge in [0.1, 0.15) is 5.75 Å². The molecule has 1 aliphatic carbocycles. The summed E-state index contributed by atoms with van der Waals surface area (Å²) in [7, 11) is 0. The zero-order valence-electron chi connectivity index (χ0n) is 17.4. The van der Waals surface area contributed by atoms with E-state index in [0.29, 0.717) is 22.9 Å². The van der Waals surface area contributed by atoms with Crippen molar-refractivity contribution >= 4 is 17.5 Å². The minimum absolute atomic E-state index is 0.0588. The van der Waals surface area contributed by atoms with Crippen LogP contribution in [0.2, 0.25) is 0 Å². The lowest BCUT2D eigenvalue weighted by Gasteiger charge is -2.16. The van der Waals surface area contributed by atoms with Crippen molar-refractivity contribution in [1.82, 2.24) is 5.32 Å². The van der Waals surface area contributed by atoms with Gasteiger partial charge in [-0.1, -0.05) is 38.8 Å². The second kappa shape index (κ2) is 9.59. The zero-order chi connectivity index (χ0) is 20.8. The largest absolute Gasteiger partial charge is 0.481 e. The number of carbonyl (C=O) groups is 2. The van der Waals surface area contributed by atoms with E-state index < -0.39 is 6.10 Å². The lowest BCUT2D eigenvalue weighted by Crippen LogP contribution is -2.32. The molecule has 0 aromatic heterocycles. The van der Waals surface area contributed by atoms with Gasteiger partial charge in [-0.15, -0.1) is 0 Å². The highest BCUT2D eigenvalue weighted by atomic mass is 16.5. The van der Waals surface area contributed by atoms with Crippen LogP contribution in [-0.2, 0) is 4.79 Å². The maximum absolute atomic E-state index is 12.5. The molecule has 0 radical (unpaired) electrons. The van der Waals surface area contributed by atoms with Gasteiger partial charge in [0.2, 0.25) is 0 Å². The maximum atomic E-state index is 12.5. The van der Waals surface area contributed by atoms with Gasteiger partial charge in [-0.25, -0.2) is 0 Å². The van der Waals surface area contributed by atoms with E-state index in [2.05, 4.69) is 24.5 Å². The van der Waals surface area contributed by atoms with Crippen LogP contribution in [0.5, 0.6) is 5.75 Å². The molecule has 1 aliphatic rings. The molecule has 5 nitrogen and oxygen atoms in total. The van der Waals surface area contributed by atoms with E-state index in [-0.39, 0.29) is 17.9 Å². The minimum atomic E-state index is -0.636. The standard InChI is InChI=1S/C24H30N2O3/c1-16(2)19-7-6-10-22(15-19)29-17(3)23(27)25-21-13-11-18(12-14-21)24(28)26-20-8-4-5-9-20/h6-7,10-17,20H,4-5,8-9H2,1-3H3,(H,25,27)(H,26,28). The summed E-state index contributed by atoms with van der Waals surface area (Å²) in [5.74, 6) is 0.782. The van der Waals surface area contributed by atoms with Crippen LogP contribution in [0.1, 0.15) is 68.3 Å². The van der Waals surface area contributed by atoms with E-state index in [1.165, 1.54) is 18.4 Å². The number of nitrogens with one attached hydrogen (secondary N) is 2. The molecule has 1 atom stereocenters. The van der Waals surface area contributed by atoms with Gasteiger partial charge in [0.25, 0.3) is 11.8 Å². The Morgan fingerprint density at radius 3 is 2.34 bits per heavy atom. The molecule has 3 rings (SSSR count). The van der Waals surface area contributed by atoms with E-state index in [1.54, 1.807) is 31.2 Å². The van der Waals surface area contributed by atoms with Crippen LogP contribution in [0.25, 0.3) is 0 Å². The van der Waals surface area contributed by atoms with Crippen molar-refractivity contribution in [3.05, 3.63) is 59.7 Å². The number of hydrogen-bond acceptors (Lipinski definition) is 3. The first kappa shape index (κ1) is 20.9. The molecule has 2 aromatic carbocycles. The first-order valence-electron chi connectivity index (χ1n) is 10.4. The molecule has 1 unspecified atom stereocenters. The first-order valence-corrected chi connectivity index (χ1v) is 10.4. The third-order valence-corrected chi connectivity index (χ3v) is 5.31. The predicted molar refractivity (Wildman–Crippen MR) is 115 cm³/mol. The molecular weight excluding hydrogens is 364 g/mol. The molecule has 29 heavy (non-hydrogen) atoms. The smallest absolute Gasteiger partial charge is 0.265 e. The fourth-order valence-electron chi connectivity index (χ4n) is 3.49. The van der Waals surface area contributed by atoms with Gasteiger partial charge in [-0.05, 0) is 67.6 Å². The third-order valence-electron chi connectivity index (χ3n) is 5.31. The van der Waals surface area contributed by atoms with Crippen molar-refractivity contribution in [2.75, 3.05) is 5.32 Å². The predicted octanol–water partition coefficient (Wildman–Crippen LogP) is 4.89. The summed E-state index contributed by atoms with van der Waals surface area (Å²) in [6, 6.07) is 15.0. The van der Waals surface area contributed by atoms with E-state index in [1.807, 2.05) is 24.3 Å². The van der Waals surface area contributed by atoms with Crippen LogP contribution in [0.15, 0.2) is 48.5 Å². The second-order valence-electron chi connectivity index (χ2n) is 8.01. The van der Waals surface area contributed by atoms with Gasteiger partial charge in [0.15, 0.2) is 6.10 Å². The quantitative estimate of drug-likeness (QED) is 0.703. The lowest BCUT2D eigenvalue weighted by molar-refractivity contribution is -0.122. The number of ether oxygens (including phenoxy) is 1. The van der Waals surface area contributed by atoms with E-state index in [0.717, 1.165) is 12.8 Å². The Balaban J connectivity index is 1.54. The maximum Gasteiger partial charge on any atom is 0.265 e. The normalized spacial score (nSPS) is 15.2. The van der Waals surface area contributed by atoms with Crippen molar-refractivity contribution in [1.29, 1.82) is 0 Å². The summed E-state index contributed by atoms with van der Waals surface area (Å²) in [5, 5.41) is 5.91. The Bertz CT molecular complexity index is 839. The van der Waals surface area contributed by atoms with Crippen molar-refractivity contribution in [2.24, 2.45) is 0 Å². The molecule has 2 amide bonds. The summed E-state index contributed by atoms with van der Waals surface area (Å²) >= 11 is 0. The highest BCUT2D eigenvalue weighted by Crippen LogP contribution is 2.22. The molecule has 2 aromatic rings. The summed E-state index contributed by atoms with van der Waals surface area (Å²) in [4.78, 5) is 24.8. The highest BCUT2D eigenvalue weighted by molar-refractivity contribution is 5.97. The number of benzene rings is 2. The fraction of sp³-hybridized carbons (Fsp3) is 0.417. The van der Waals surface area contributed by atoms with Gasteiger partial charge in [-0.2, -0.15) is 0 Å². The number of hydrogen-bond donors (Lipinski definition) is 2. The van der Waals surface area contributed by atoms with Crippen molar-refractivity contribution in [3.63, 3.8) is 0 Å². The SMILES string of the molecule is CC(Oc1cccc(C(C)C)c1)C(=O)Nc1ccc(C(=O)NC2CCCC2)cc1. The fourth-order valence-corrected chi connectivity index (χ4v) is 3.49. The number of anilines is 1. The first-order chi connectivity index (χ1) is 13.9. The summed E-state index contributed by atoms with van der Waals surface area (Å²) < 4.78 is 5.80. The molecule has 1 fully saturated rings. The average molecular weight is 395 g/mol. The Hall–Kier alpha value is -2.82. The molecule has 2 N–H and O–H groups in total. The van der Waals surface area contributed by atoms with Gasteiger partial charge >= 0.3 is 0 Å². The van der Waals surface area contributed by atoms with Crippen LogP contribution in [0, 0.1) is 0 Å². The number of carbonyl (C=O) groups excluding carboxylic acids is 2. The molecule has 154 valence electrons. The molecule has 5 heteroatoms. The Labute approximate surface area is 172 Å². The molecule has 0 heterocycles. The van der Waals surface area contributed by atoms with Gasteiger partial charge in [-0.3, -0.25) is 9.59 Å². The summed E-state index contributed by atoms with van der Waals surface area (Å²) in [6.07, 6.45) is 3.83.